The van der Waals surface area contributed by atoms with Gasteiger partial charge in [0.2, 0.25) is 0 Å². The summed E-state index contributed by atoms with van der Waals surface area (Å²) in [5.41, 5.74) is 5.81. The Labute approximate surface area is 186 Å². The summed E-state index contributed by atoms with van der Waals surface area (Å²) < 4.78 is 1.73. The van der Waals surface area contributed by atoms with E-state index in [0.29, 0.717) is 31.7 Å². The number of anilines is 1. The number of rotatable bonds is 5. The Bertz CT molecular complexity index is 1170. The first-order valence-corrected chi connectivity index (χ1v) is 11.0. The lowest BCUT2D eigenvalue weighted by molar-refractivity contribution is -0.141. The van der Waals surface area contributed by atoms with Crippen LogP contribution in [0.25, 0.3) is 11.1 Å². The highest BCUT2D eigenvalue weighted by Gasteiger charge is 2.31. The number of hydrogen-bond donors (Lipinski definition) is 1. The molecule has 2 aliphatic rings. The smallest absolute Gasteiger partial charge is 0.307 e. The molecule has 1 N–H and O–H groups in total. The first-order valence-electron chi connectivity index (χ1n) is 11.0. The summed E-state index contributed by atoms with van der Waals surface area (Å²) >= 11 is 0. The number of hydrogen-bond acceptors (Lipinski definition) is 4. The van der Waals surface area contributed by atoms with Gasteiger partial charge in [-0.2, -0.15) is 5.10 Å². The van der Waals surface area contributed by atoms with E-state index in [9.17, 15) is 14.7 Å². The number of carbonyl (C=O) groups is 2. The number of amides is 1. The van der Waals surface area contributed by atoms with E-state index in [1.165, 1.54) is 11.1 Å². The minimum absolute atomic E-state index is 0.0966. The Morgan fingerprint density at radius 2 is 1.91 bits per heavy atom. The van der Waals surface area contributed by atoms with Crippen LogP contribution in [-0.4, -0.2) is 51.3 Å². The van der Waals surface area contributed by atoms with Crippen LogP contribution in [-0.2, 0) is 24.8 Å². The lowest BCUT2D eigenvalue weighted by atomic mass is 9.98. The topological polar surface area (TPSA) is 78.7 Å². The summed E-state index contributed by atoms with van der Waals surface area (Å²) in [6.45, 7) is 2.50. The maximum absolute atomic E-state index is 13.4. The Balaban J connectivity index is 1.36. The van der Waals surface area contributed by atoms with Crippen molar-refractivity contribution in [1.29, 1.82) is 0 Å². The summed E-state index contributed by atoms with van der Waals surface area (Å²) in [6, 6.07) is 18.2. The second-order valence-electron chi connectivity index (χ2n) is 8.58. The highest BCUT2D eigenvalue weighted by Crippen LogP contribution is 2.36. The molecular formula is C25H26N4O3. The number of benzene rings is 2. The molecule has 3 aromatic rings. The third-order valence-corrected chi connectivity index (χ3v) is 6.56. The fourth-order valence-corrected chi connectivity index (χ4v) is 4.84. The second kappa shape index (κ2) is 8.24. The summed E-state index contributed by atoms with van der Waals surface area (Å²) in [5, 5.41) is 13.7. The molecule has 0 radical (unpaired) electrons. The molecule has 1 fully saturated rings. The quantitative estimate of drug-likeness (QED) is 0.673. The summed E-state index contributed by atoms with van der Waals surface area (Å²) in [6.07, 6.45) is 1.48. The number of carboxylic acids is 1. The number of nitrogens with zero attached hydrogens (tertiary/aromatic N) is 4. The number of carboxylic acid groups (broad SMARTS) is 1. The maximum atomic E-state index is 13.4. The lowest BCUT2D eigenvalue weighted by Crippen LogP contribution is -2.29. The molecule has 7 heteroatoms. The van der Waals surface area contributed by atoms with Gasteiger partial charge in [-0.05, 0) is 48.2 Å². The Kier molecular flexibility index (Phi) is 5.27. The predicted octanol–water partition coefficient (Wildman–Crippen LogP) is 3.20. The lowest BCUT2D eigenvalue weighted by Gasteiger charge is -2.16. The zero-order valence-electron chi connectivity index (χ0n) is 18.1. The monoisotopic (exact) mass is 430 g/mol. The van der Waals surface area contributed by atoms with Crippen LogP contribution in [0, 0.1) is 5.92 Å². The van der Waals surface area contributed by atoms with E-state index in [4.69, 9.17) is 0 Å². The maximum Gasteiger partial charge on any atom is 0.307 e. The largest absolute Gasteiger partial charge is 0.481 e. The van der Waals surface area contributed by atoms with E-state index in [-0.39, 0.29) is 11.8 Å². The first kappa shape index (κ1) is 20.5. The Hall–Kier alpha value is -3.45. The fourth-order valence-electron chi connectivity index (χ4n) is 4.84. The van der Waals surface area contributed by atoms with Gasteiger partial charge in [0.05, 0.1) is 11.6 Å². The van der Waals surface area contributed by atoms with Crippen LogP contribution < -0.4 is 4.90 Å². The van der Waals surface area contributed by atoms with Crippen molar-refractivity contribution >= 4 is 17.6 Å². The average Bonchev–Trinajstić information content (AvgIpc) is 3.53. The van der Waals surface area contributed by atoms with Crippen molar-refractivity contribution in [2.75, 3.05) is 24.5 Å². The van der Waals surface area contributed by atoms with Gasteiger partial charge in [-0.15, -0.1) is 0 Å². The van der Waals surface area contributed by atoms with Crippen LogP contribution in [0.5, 0.6) is 0 Å². The van der Waals surface area contributed by atoms with Crippen LogP contribution in [0.2, 0.25) is 0 Å². The van der Waals surface area contributed by atoms with Gasteiger partial charge in [-0.1, -0.05) is 42.5 Å². The molecule has 0 bridgehead atoms. The molecule has 0 aliphatic carbocycles. The molecule has 1 saturated heterocycles. The van der Waals surface area contributed by atoms with E-state index in [0.717, 1.165) is 29.9 Å². The Morgan fingerprint density at radius 1 is 1.09 bits per heavy atom. The number of carbonyl (C=O) groups excluding carboxylic acids is 1. The number of aliphatic carboxylic acids is 1. The summed E-state index contributed by atoms with van der Waals surface area (Å²) in [4.78, 5) is 28.5. The predicted molar refractivity (Wildman–Crippen MR) is 121 cm³/mol. The van der Waals surface area contributed by atoms with Crippen LogP contribution in [0.3, 0.4) is 0 Å². The minimum Gasteiger partial charge on any atom is -0.481 e. The molecule has 3 heterocycles. The van der Waals surface area contributed by atoms with Gasteiger partial charge in [0.1, 0.15) is 0 Å². The molecule has 1 aromatic heterocycles. The van der Waals surface area contributed by atoms with Gasteiger partial charge in [0, 0.05) is 32.4 Å². The van der Waals surface area contributed by atoms with Gasteiger partial charge in [-0.25, -0.2) is 0 Å². The molecular weight excluding hydrogens is 404 g/mol. The molecule has 2 aliphatic heterocycles. The van der Waals surface area contributed by atoms with Gasteiger partial charge in [-0.3, -0.25) is 19.2 Å². The fraction of sp³-hybridized carbons (Fsp3) is 0.320. The summed E-state index contributed by atoms with van der Waals surface area (Å²) in [7, 11) is 1.84. The SMILES string of the molecule is Cn1nc(C(=O)N2CCc3c(-c4ccccc4)cccc32)cc1CN1CC[C@@H](C(=O)O)C1. The van der Waals surface area contributed by atoms with E-state index < -0.39 is 5.97 Å². The van der Waals surface area contributed by atoms with Crippen molar-refractivity contribution in [2.45, 2.75) is 19.4 Å². The molecule has 5 rings (SSSR count). The number of likely N-dealkylation sites (tertiary alicyclic amines) is 1. The standard InChI is InChI=1S/C25H26N4O3/c1-27-19(16-28-12-10-18(15-28)25(31)32)14-22(26-27)24(30)29-13-11-21-20(8-5-9-23(21)29)17-6-3-2-4-7-17/h2-9,14,18H,10-13,15-16H2,1H3,(H,31,32)/t18-/m1/s1. The van der Waals surface area contributed by atoms with E-state index in [1.807, 2.05) is 48.3 Å². The average molecular weight is 431 g/mol. The second-order valence-corrected chi connectivity index (χ2v) is 8.58. The summed E-state index contributed by atoms with van der Waals surface area (Å²) in [5.74, 6) is -1.15. The van der Waals surface area contributed by atoms with Crippen molar-refractivity contribution in [2.24, 2.45) is 13.0 Å². The van der Waals surface area contributed by atoms with E-state index in [2.05, 4.69) is 28.2 Å². The van der Waals surface area contributed by atoms with Crippen molar-refractivity contribution in [3.8, 4) is 11.1 Å². The van der Waals surface area contributed by atoms with Gasteiger partial charge in [0.25, 0.3) is 5.91 Å². The van der Waals surface area contributed by atoms with Gasteiger partial charge < -0.3 is 10.0 Å². The van der Waals surface area contributed by atoms with Crippen LogP contribution in [0.1, 0.15) is 28.2 Å². The third kappa shape index (κ3) is 3.69. The molecule has 32 heavy (non-hydrogen) atoms. The number of fused-ring (bicyclic) bond motifs is 1. The molecule has 7 nitrogen and oxygen atoms in total. The Morgan fingerprint density at radius 3 is 2.66 bits per heavy atom. The number of aromatic nitrogens is 2. The molecule has 164 valence electrons. The first-order chi connectivity index (χ1) is 15.5. The van der Waals surface area contributed by atoms with Crippen LogP contribution >= 0.6 is 0 Å². The molecule has 0 saturated carbocycles. The van der Waals surface area contributed by atoms with Crippen molar-refractivity contribution in [1.82, 2.24) is 14.7 Å². The molecule has 0 spiro atoms. The van der Waals surface area contributed by atoms with Crippen molar-refractivity contribution < 1.29 is 14.7 Å². The normalized spacial score (nSPS) is 18.2. The van der Waals surface area contributed by atoms with Crippen LogP contribution in [0.15, 0.2) is 54.6 Å². The zero-order chi connectivity index (χ0) is 22.2. The van der Waals surface area contributed by atoms with Crippen LogP contribution in [0.4, 0.5) is 5.69 Å². The highest BCUT2D eigenvalue weighted by molar-refractivity contribution is 6.06. The molecule has 0 unspecified atom stereocenters. The molecule has 1 atom stereocenters. The minimum atomic E-state index is -0.740. The molecule has 2 aromatic carbocycles. The number of aryl methyl sites for hydroxylation is 1. The van der Waals surface area contributed by atoms with E-state index in [1.54, 1.807) is 4.68 Å². The highest BCUT2D eigenvalue weighted by atomic mass is 16.4. The van der Waals surface area contributed by atoms with Crippen molar-refractivity contribution in [3.63, 3.8) is 0 Å². The zero-order valence-corrected chi connectivity index (χ0v) is 18.1. The third-order valence-electron chi connectivity index (χ3n) is 6.56. The van der Waals surface area contributed by atoms with Gasteiger partial charge in [0.15, 0.2) is 5.69 Å². The van der Waals surface area contributed by atoms with E-state index >= 15 is 0 Å². The van der Waals surface area contributed by atoms with Gasteiger partial charge >= 0.3 is 5.97 Å². The molecule has 1 amide bonds. The van der Waals surface area contributed by atoms with Crippen molar-refractivity contribution in [3.05, 3.63) is 71.5 Å².